The highest BCUT2D eigenvalue weighted by Gasteiger charge is 2.39. The van der Waals surface area contributed by atoms with Gasteiger partial charge in [0.2, 0.25) is 0 Å². The van der Waals surface area contributed by atoms with Gasteiger partial charge in [0, 0.05) is 11.3 Å². The Kier molecular flexibility index (Phi) is 8.78. The summed E-state index contributed by atoms with van der Waals surface area (Å²) in [7, 11) is 0. The van der Waals surface area contributed by atoms with E-state index >= 15 is 0 Å². The van der Waals surface area contributed by atoms with E-state index in [1.165, 1.54) is 0 Å². The van der Waals surface area contributed by atoms with E-state index in [0.29, 0.717) is 27.5 Å². The van der Waals surface area contributed by atoms with Crippen molar-refractivity contribution >= 4 is 63.1 Å². The van der Waals surface area contributed by atoms with Gasteiger partial charge < -0.3 is 10.1 Å². The van der Waals surface area contributed by atoms with Crippen LogP contribution in [-0.2, 0) is 20.7 Å². The standard InChI is InChI=1S/C28H27ClN4O5S/c1-4-6-7-17-8-14-20(15-9-17)33-25(35)21(29)22(26(33)36)31-19-12-10-18(11-13-19)24(34)32-28-30-16(3)23(39-28)27(37)38-5-2/h8-15,31H,4-7H2,1-3H3,(H,30,32,34). The zero-order valence-corrected chi connectivity index (χ0v) is 23.2. The third-order valence-electron chi connectivity index (χ3n) is 5.94. The molecule has 2 aromatic carbocycles. The molecule has 1 aliphatic rings. The number of anilines is 3. The molecule has 0 saturated heterocycles. The Hall–Kier alpha value is -4.02. The molecule has 1 aromatic heterocycles. The summed E-state index contributed by atoms with van der Waals surface area (Å²) in [5, 5.41) is 5.63. The van der Waals surface area contributed by atoms with Gasteiger partial charge in [-0.15, -0.1) is 0 Å². The summed E-state index contributed by atoms with van der Waals surface area (Å²) in [6, 6.07) is 13.6. The van der Waals surface area contributed by atoms with Gasteiger partial charge in [-0.25, -0.2) is 14.7 Å². The fourth-order valence-corrected chi connectivity index (χ4v) is 4.96. The zero-order chi connectivity index (χ0) is 28.1. The second-order valence-corrected chi connectivity index (χ2v) is 10.1. The Bertz CT molecular complexity index is 1450. The topological polar surface area (TPSA) is 118 Å². The number of amides is 3. The monoisotopic (exact) mass is 566 g/mol. The summed E-state index contributed by atoms with van der Waals surface area (Å²) < 4.78 is 5.00. The molecule has 1 aliphatic heterocycles. The van der Waals surface area contributed by atoms with Crippen LogP contribution in [0, 0.1) is 6.92 Å². The largest absolute Gasteiger partial charge is 0.462 e. The van der Waals surface area contributed by atoms with Crippen molar-refractivity contribution in [3.63, 3.8) is 0 Å². The molecule has 0 saturated carbocycles. The first kappa shape index (κ1) is 28.0. The molecule has 3 amide bonds. The van der Waals surface area contributed by atoms with Crippen molar-refractivity contribution in [2.24, 2.45) is 0 Å². The second-order valence-electron chi connectivity index (χ2n) is 8.72. The SMILES string of the molecule is CCCCc1ccc(N2C(=O)C(Cl)=C(Nc3ccc(C(=O)Nc4nc(C)c(C(=O)OCC)s4)cc3)C2=O)cc1. The normalized spacial score (nSPS) is 13.2. The number of imide groups is 1. The van der Waals surface area contributed by atoms with Crippen molar-refractivity contribution in [3.8, 4) is 0 Å². The molecule has 3 aromatic rings. The Labute approximate surface area is 234 Å². The highest BCUT2D eigenvalue weighted by Crippen LogP contribution is 2.31. The molecule has 9 nitrogen and oxygen atoms in total. The van der Waals surface area contributed by atoms with Crippen LogP contribution in [0.4, 0.5) is 16.5 Å². The Morgan fingerprint density at radius 2 is 1.72 bits per heavy atom. The van der Waals surface area contributed by atoms with Crippen LogP contribution in [0.5, 0.6) is 0 Å². The molecule has 0 radical (unpaired) electrons. The molecule has 202 valence electrons. The minimum Gasteiger partial charge on any atom is -0.462 e. The smallest absolute Gasteiger partial charge is 0.350 e. The molecule has 11 heteroatoms. The summed E-state index contributed by atoms with van der Waals surface area (Å²) >= 11 is 7.28. The van der Waals surface area contributed by atoms with Gasteiger partial charge in [0.1, 0.15) is 15.6 Å². The molecule has 0 bridgehead atoms. The number of halogens is 1. The quantitative estimate of drug-likeness (QED) is 0.240. The predicted octanol–water partition coefficient (Wildman–Crippen LogP) is 5.66. The number of nitrogens with zero attached hydrogens (tertiary/aromatic N) is 2. The lowest BCUT2D eigenvalue weighted by atomic mass is 10.1. The van der Waals surface area contributed by atoms with Crippen LogP contribution < -0.4 is 15.5 Å². The minimum absolute atomic E-state index is 0.0429. The van der Waals surface area contributed by atoms with Crippen LogP contribution in [0.25, 0.3) is 0 Å². The second kappa shape index (κ2) is 12.2. The van der Waals surface area contributed by atoms with Crippen molar-refractivity contribution in [3.05, 3.63) is 81.0 Å². The Balaban J connectivity index is 1.42. The maximum absolute atomic E-state index is 13.1. The first-order chi connectivity index (χ1) is 18.7. The Morgan fingerprint density at radius 1 is 1.03 bits per heavy atom. The number of aromatic nitrogens is 1. The van der Waals surface area contributed by atoms with Gasteiger partial charge in [-0.2, -0.15) is 0 Å². The maximum atomic E-state index is 13.1. The molecule has 0 spiro atoms. The van der Waals surface area contributed by atoms with Gasteiger partial charge >= 0.3 is 5.97 Å². The van der Waals surface area contributed by atoms with E-state index in [1.54, 1.807) is 50.2 Å². The first-order valence-electron chi connectivity index (χ1n) is 12.4. The van der Waals surface area contributed by atoms with E-state index < -0.39 is 23.7 Å². The van der Waals surface area contributed by atoms with Crippen molar-refractivity contribution in [2.45, 2.75) is 40.0 Å². The lowest BCUT2D eigenvalue weighted by Crippen LogP contribution is -2.32. The minimum atomic E-state index is -0.609. The van der Waals surface area contributed by atoms with Gasteiger partial charge in [0.25, 0.3) is 17.7 Å². The average Bonchev–Trinajstić information content (AvgIpc) is 3.39. The number of aryl methyl sites for hydroxylation is 2. The summed E-state index contributed by atoms with van der Waals surface area (Å²) in [5.41, 5.74) is 2.79. The summed E-state index contributed by atoms with van der Waals surface area (Å²) in [4.78, 5) is 56.1. The van der Waals surface area contributed by atoms with Crippen molar-refractivity contribution < 1.29 is 23.9 Å². The number of ether oxygens (including phenoxy) is 1. The van der Waals surface area contributed by atoms with Crippen LogP contribution in [0.15, 0.2) is 59.3 Å². The number of rotatable bonds is 10. The van der Waals surface area contributed by atoms with Crippen molar-refractivity contribution in [2.75, 3.05) is 22.1 Å². The van der Waals surface area contributed by atoms with Gasteiger partial charge in [0.15, 0.2) is 5.13 Å². The van der Waals surface area contributed by atoms with Crippen molar-refractivity contribution in [1.29, 1.82) is 0 Å². The van der Waals surface area contributed by atoms with E-state index in [9.17, 15) is 19.2 Å². The van der Waals surface area contributed by atoms with E-state index in [0.717, 1.165) is 41.1 Å². The molecule has 0 atom stereocenters. The summed E-state index contributed by atoms with van der Waals surface area (Å²) in [6.07, 6.45) is 3.06. The van der Waals surface area contributed by atoms with Gasteiger partial charge in [0.05, 0.1) is 18.0 Å². The number of benzene rings is 2. The van der Waals surface area contributed by atoms with E-state index in [2.05, 4.69) is 22.5 Å². The number of unbranched alkanes of at least 4 members (excludes halogenated alkanes) is 1. The molecule has 0 unspecified atom stereocenters. The number of hydrogen-bond acceptors (Lipinski definition) is 8. The highest BCUT2D eigenvalue weighted by molar-refractivity contribution is 7.17. The lowest BCUT2D eigenvalue weighted by Gasteiger charge is -2.15. The molecular formula is C28H27ClN4O5S. The van der Waals surface area contributed by atoms with Crippen LogP contribution in [0.1, 0.15) is 58.0 Å². The zero-order valence-electron chi connectivity index (χ0n) is 21.7. The number of nitrogens with one attached hydrogen (secondary N) is 2. The predicted molar refractivity (Wildman–Crippen MR) is 151 cm³/mol. The summed E-state index contributed by atoms with van der Waals surface area (Å²) in [5.74, 6) is -2.09. The average molecular weight is 567 g/mol. The van der Waals surface area contributed by atoms with Crippen LogP contribution in [0.3, 0.4) is 0 Å². The molecule has 39 heavy (non-hydrogen) atoms. The van der Waals surface area contributed by atoms with E-state index in [1.807, 2.05) is 12.1 Å². The van der Waals surface area contributed by atoms with Crippen LogP contribution in [-0.4, -0.2) is 35.3 Å². The van der Waals surface area contributed by atoms with Gasteiger partial charge in [-0.3, -0.25) is 19.7 Å². The van der Waals surface area contributed by atoms with Crippen molar-refractivity contribution in [1.82, 2.24) is 4.98 Å². The van der Waals surface area contributed by atoms with E-state index in [-0.39, 0.29) is 22.5 Å². The molecule has 0 fully saturated rings. The van der Waals surface area contributed by atoms with Crippen LogP contribution >= 0.6 is 22.9 Å². The molecule has 2 N–H and O–H groups in total. The van der Waals surface area contributed by atoms with E-state index in [4.69, 9.17) is 16.3 Å². The number of thiazole rings is 1. The number of carbonyl (C=O) groups excluding carboxylic acids is 4. The molecule has 4 rings (SSSR count). The number of carbonyl (C=O) groups is 4. The fraction of sp³-hybridized carbons (Fsp3) is 0.250. The third-order valence-corrected chi connectivity index (χ3v) is 7.34. The number of esters is 1. The third kappa shape index (κ3) is 6.18. The molecule has 0 aliphatic carbocycles. The van der Waals surface area contributed by atoms with Crippen LogP contribution in [0.2, 0.25) is 0 Å². The lowest BCUT2D eigenvalue weighted by molar-refractivity contribution is -0.120. The summed E-state index contributed by atoms with van der Waals surface area (Å²) in [6.45, 7) is 5.74. The van der Waals surface area contributed by atoms with Gasteiger partial charge in [-0.1, -0.05) is 48.4 Å². The maximum Gasteiger partial charge on any atom is 0.350 e. The Morgan fingerprint density at radius 3 is 2.36 bits per heavy atom. The number of hydrogen-bond donors (Lipinski definition) is 2. The first-order valence-corrected chi connectivity index (χ1v) is 13.6. The van der Waals surface area contributed by atoms with Gasteiger partial charge in [-0.05, 0) is 68.7 Å². The molecule has 2 heterocycles. The fourth-order valence-electron chi connectivity index (χ4n) is 3.89. The molecular weight excluding hydrogens is 540 g/mol. The highest BCUT2D eigenvalue weighted by atomic mass is 35.5.